The lowest BCUT2D eigenvalue weighted by Gasteiger charge is -2.21. The van der Waals surface area contributed by atoms with Crippen molar-refractivity contribution in [3.63, 3.8) is 0 Å². The Kier molecular flexibility index (Phi) is 5.25. The third-order valence-corrected chi connectivity index (χ3v) is 5.52. The number of nitrogens with zero attached hydrogens (tertiary/aromatic N) is 1. The Hall–Kier alpha value is -2.44. The van der Waals surface area contributed by atoms with Gasteiger partial charge in [-0.25, -0.2) is 9.18 Å². The maximum absolute atomic E-state index is 13.3. The van der Waals surface area contributed by atoms with Crippen LogP contribution in [0.25, 0.3) is 10.1 Å². The summed E-state index contributed by atoms with van der Waals surface area (Å²) in [6.07, 6.45) is -0.995. The zero-order valence-electron chi connectivity index (χ0n) is 14.0. The molecule has 0 fully saturated rings. The summed E-state index contributed by atoms with van der Waals surface area (Å²) in [6, 6.07) is 13.1. The van der Waals surface area contributed by atoms with E-state index < -0.39 is 17.9 Å². The first-order chi connectivity index (χ1) is 12.4. The van der Waals surface area contributed by atoms with E-state index in [1.54, 1.807) is 19.2 Å². The molecule has 0 bridgehead atoms. The minimum absolute atomic E-state index is 0.147. The van der Waals surface area contributed by atoms with Crippen LogP contribution in [0, 0.1) is 5.82 Å². The Labute approximate surface area is 158 Å². The average molecular weight is 392 g/mol. The second-order valence-corrected chi connectivity index (χ2v) is 7.10. The summed E-state index contributed by atoms with van der Waals surface area (Å²) < 4.78 is 19.2. The van der Waals surface area contributed by atoms with Crippen molar-refractivity contribution in [1.82, 2.24) is 0 Å². The van der Waals surface area contributed by atoms with Crippen LogP contribution in [-0.4, -0.2) is 25.0 Å². The number of carbonyl (C=O) groups is 2. The summed E-state index contributed by atoms with van der Waals surface area (Å²) in [6.45, 7) is 1.50. The summed E-state index contributed by atoms with van der Waals surface area (Å²) in [4.78, 5) is 26.5. The van der Waals surface area contributed by atoms with E-state index in [2.05, 4.69) is 0 Å². The van der Waals surface area contributed by atoms with Crippen molar-refractivity contribution >= 4 is 50.6 Å². The van der Waals surface area contributed by atoms with E-state index >= 15 is 0 Å². The number of ether oxygens (including phenoxy) is 1. The van der Waals surface area contributed by atoms with Crippen molar-refractivity contribution in [1.29, 1.82) is 0 Å². The fourth-order valence-corrected chi connectivity index (χ4v) is 3.90. The largest absolute Gasteiger partial charge is 0.448 e. The molecule has 1 unspecified atom stereocenters. The molecule has 0 aliphatic rings. The van der Waals surface area contributed by atoms with Crippen LogP contribution < -0.4 is 4.90 Å². The zero-order valence-corrected chi connectivity index (χ0v) is 15.6. The number of esters is 1. The van der Waals surface area contributed by atoms with E-state index in [0.29, 0.717) is 15.8 Å². The highest BCUT2D eigenvalue weighted by molar-refractivity contribution is 7.21. The standard InChI is InChI=1S/C19H15ClFNO3S/c1-11(18(23)22(2)13-6-4-3-5-7-13)25-19(24)17-16(20)14-9-8-12(21)10-15(14)26-17/h3-11H,1-2H3. The monoisotopic (exact) mass is 391 g/mol. The summed E-state index contributed by atoms with van der Waals surface area (Å²) in [5.41, 5.74) is 0.691. The molecule has 1 aromatic heterocycles. The highest BCUT2D eigenvalue weighted by Crippen LogP contribution is 2.36. The van der Waals surface area contributed by atoms with Crippen LogP contribution in [0.3, 0.4) is 0 Å². The maximum Gasteiger partial charge on any atom is 0.350 e. The molecular formula is C19H15ClFNO3S. The van der Waals surface area contributed by atoms with Crippen molar-refractivity contribution in [2.45, 2.75) is 13.0 Å². The normalized spacial score (nSPS) is 12.0. The summed E-state index contributed by atoms with van der Waals surface area (Å²) in [5, 5.41) is 0.775. The molecule has 0 N–H and O–H groups in total. The molecule has 4 nitrogen and oxygen atoms in total. The number of amides is 1. The third-order valence-electron chi connectivity index (χ3n) is 3.88. The first-order valence-corrected chi connectivity index (χ1v) is 8.99. The zero-order chi connectivity index (χ0) is 18.8. The van der Waals surface area contributed by atoms with Crippen LogP contribution in [0.15, 0.2) is 48.5 Å². The SMILES string of the molecule is CC(OC(=O)c1sc2cc(F)ccc2c1Cl)C(=O)N(C)c1ccccc1. The number of thiophene rings is 1. The highest BCUT2D eigenvalue weighted by atomic mass is 35.5. The molecule has 0 saturated carbocycles. The number of halogens is 2. The van der Waals surface area contributed by atoms with Gasteiger partial charge in [0.2, 0.25) is 0 Å². The Morgan fingerprint density at radius 3 is 2.58 bits per heavy atom. The lowest BCUT2D eigenvalue weighted by atomic mass is 10.2. The number of hydrogen-bond acceptors (Lipinski definition) is 4. The number of anilines is 1. The second kappa shape index (κ2) is 7.43. The van der Waals surface area contributed by atoms with Gasteiger partial charge in [-0.1, -0.05) is 29.8 Å². The molecule has 134 valence electrons. The summed E-state index contributed by atoms with van der Waals surface area (Å²) >= 11 is 7.25. The molecule has 1 heterocycles. The van der Waals surface area contributed by atoms with Gasteiger partial charge < -0.3 is 9.64 Å². The second-order valence-electron chi connectivity index (χ2n) is 5.67. The average Bonchev–Trinajstić information content (AvgIpc) is 2.97. The van der Waals surface area contributed by atoms with Gasteiger partial charge in [0, 0.05) is 22.8 Å². The van der Waals surface area contributed by atoms with Crippen molar-refractivity contribution in [2.75, 3.05) is 11.9 Å². The molecule has 1 amide bonds. The molecular weight excluding hydrogens is 377 g/mol. The van der Waals surface area contributed by atoms with Crippen LogP contribution in [0.1, 0.15) is 16.6 Å². The molecule has 0 saturated heterocycles. The van der Waals surface area contributed by atoms with Gasteiger partial charge in [-0.15, -0.1) is 11.3 Å². The number of hydrogen-bond donors (Lipinski definition) is 0. The summed E-state index contributed by atoms with van der Waals surface area (Å²) in [5.74, 6) is -1.49. The van der Waals surface area contributed by atoms with Gasteiger partial charge in [0.25, 0.3) is 5.91 Å². The third kappa shape index (κ3) is 3.57. The Bertz CT molecular complexity index is 974. The number of rotatable bonds is 4. The number of fused-ring (bicyclic) bond motifs is 1. The van der Waals surface area contributed by atoms with Crippen LogP contribution in [-0.2, 0) is 9.53 Å². The first kappa shape index (κ1) is 18.4. The fourth-order valence-electron chi connectivity index (χ4n) is 2.49. The quantitative estimate of drug-likeness (QED) is 0.594. The molecule has 3 rings (SSSR count). The number of para-hydroxylation sites is 1. The molecule has 0 radical (unpaired) electrons. The van der Waals surface area contributed by atoms with Crippen molar-refractivity contribution in [3.8, 4) is 0 Å². The number of likely N-dealkylation sites (N-methyl/N-ethyl adjacent to an activating group) is 1. The predicted octanol–water partition coefficient (Wildman–Crippen LogP) is 4.90. The minimum Gasteiger partial charge on any atom is -0.448 e. The number of carbonyl (C=O) groups excluding carboxylic acids is 2. The van der Waals surface area contributed by atoms with Crippen LogP contribution >= 0.6 is 22.9 Å². The lowest BCUT2D eigenvalue weighted by Crippen LogP contribution is -2.37. The molecule has 0 aliphatic heterocycles. The highest BCUT2D eigenvalue weighted by Gasteiger charge is 2.26. The lowest BCUT2D eigenvalue weighted by molar-refractivity contribution is -0.126. The van der Waals surface area contributed by atoms with Gasteiger partial charge in [-0.05, 0) is 37.3 Å². The van der Waals surface area contributed by atoms with Gasteiger partial charge in [-0.3, -0.25) is 4.79 Å². The molecule has 26 heavy (non-hydrogen) atoms. The van der Waals surface area contributed by atoms with Crippen molar-refractivity contribution in [2.24, 2.45) is 0 Å². The molecule has 0 aliphatic carbocycles. The van der Waals surface area contributed by atoms with E-state index in [-0.39, 0.29) is 15.8 Å². The van der Waals surface area contributed by atoms with Gasteiger partial charge in [-0.2, -0.15) is 0 Å². The van der Waals surface area contributed by atoms with Crippen LogP contribution in [0.5, 0.6) is 0 Å². The van der Waals surface area contributed by atoms with E-state index in [1.807, 2.05) is 18.2 Å². The molecule has 0 spiro atoms. The topological polar surface area (TPSA) is 46.6 Å². The smallest absolute Gasteiger partial charge is 0.350 e. The van der Waals surface area contributed by atoms with E-state index in [4.69, 9.17) is 16.3 Å². The maximum atomic E-state index is 13.3. The number of benzene rings is 2. The molecule has 1 atom stereocenters. The van der Waals surface area contributed by atoms with E-state index in [0.717, 1.165) is 11.3 Å². The van der Waals surface area contributed by atoms with Crippen LogP contribution in [0.2, 0.25) is 5.02 Å². The first-order valence-electron chi connectivity index (χ1n) is 7.79. The molecule has 2 aromatic carbocycles. The van der Waals surface area contributed by atoms with Crippen molar-refractivity contribution in [3.05, 3.63) is 64.2 Å². The molecule has 3 aromatic rings. The van der Waals surface area contributed by atoms with Gasteiger partial charge >= 0.3 is 5.97 Å². The Morgan fingerprint density at radius 2 is 1.88 bits per heavy atom. The fraction of sp³-hybridized carbons (Fsp3) is 0.158. The Morgan fingerprint density at radius 1 is 1.19 bits per heavy atom. The minimum atomic E-state index is -0.995. The van der Waals surface area contributed by atoms with E-state index in [1.165, 1.54) is 30.0 Å². The van der Waals surface area contributed by atoms with Gasteiger partial charge in [0.1, 0.15) is 10.7 Å². The van der Waals surface area contributed by atoms with Crippen LogP contribution in [0.4, 0.5) is 10.1 Å². The van der Waals surface area contributed by atoms with E-state index in [9.17, 15) is 14.0 Å². The molecule has 7 heteroatoms. The Balaban J connectivity index is 1.77. The van der Waals surface area contributed by atoms with Gasteiger partial charge in [0.05, 0.1) is 5.02 Å². The van der Waals surface area contributed by atoms with Gasteiger partial charge in [0.15, 0.2) is 6.10 Å². The summed E-state index contributed by atoms with van der Waals surface area (Å²) in [7, 11) is 1.61. The van der Waals surface area contributed by atoms with Crippen molar-refractivity contribution < 1.29 is 18.7 Å². The predicted molar refractivity (Wildman–Crippen MR) is 102 cm³/mol.